The minimum Gasteiger partial charge on any atom is -0.357 e. The Balaban J connectivity index is 2.11. The molecule has 7 nitrogen and oxygen atoms in total. The van der Waals surface area contributed by atoms with Gasteiger partial charge in [-0.25, -0.2) is 8.42 Å². The van der Waals surface area contributed by atoms with E-state index in [9.17, 15) is 18.0 Å². The van der Waals surface area contributed by atoms with E-state index in [4.69, 9.17) is 11.6 Å². The van der Waals surface area contributed by atoms with Gasteiger partial charge in [-0.15, -0.1) is 0 Å². The maximum Gasteiger partial charge on any atom is 0.264 e. The van der Waals surface area contributed by atoms with Crippen LogP contribution in [-0.2, 0) is 26.2 Å². The van der Waals surface area contributed by atoms with Gasteiger partial charge >= 0.3 is 0 Å². The Labute approximate surface area is 224 Å². The second-order valence-corrected chi connectivity index (χ2v) is 11.0. The molecule has 0 unspecified atom stereocenters. The third-order valence-corrected chi connectivity index (χ3v) is 8.29. The number of rotatable bonds is 10. The van der Waals surface area contributed by atoms with Crippen molar-refractivity contribution in [2.45, 2.75) is 44.7 Å². The van der Waals surface area contributed by atoms with Crippen molar-refractivity contribution in [3.8, 4) is 0 Å². The van der Waals surface area contributed by atoms with Gasteiger partial charge in [0.05, 0.1) is 10.6 Å². The lowest BCUT2D eigenvalue weighted by Crippen LogP contribution is -2.52. The summed E-state index contributed by atoms with van der Waals surface area (Å²) < 4.78 is 28.7. The number of sulfonamides is 1. The molecule has 0 saturated heterocycles. The number of aryl methyl sites for hydroxylation is 2. The van der Waals surface area contributed by atoms with E-state index < -0.39 is 28.5 Å². The van der Waals surface area contributed by atoms with Crippen LogP contribution in [0.1, 0.15) is 30.0 Å². The number of halogens is 1. The maximum atomic E-state index is 13.9. The van der Waals surface area contributed by atoms with E-state index in [1.165, 1.54) is 30.1 Å². The Bertz CT molecular complexity index is 1360. The van der Waals surface area contributed by atoms with Crippen LogP contribution < -0.4 is 9.62 Å². The summed E-state index contributed by atoms with van der Waals surface area (Å²) in [4.78, 5) is 28.2. The molecule has 0 radical (unpaired) electrons. The van der Waals surface area contributed by atoms with E-state index in [1.807, 2.05) is 38.1 Å². The minimum atomic E-state index is -4.13. The summed E-state index contributed by atoms with van der Waals surface area (Å²) in [6.45, 7) is 5.16. The summed E-state index contributed by atoms with van der Waals surface area (Å²) in [6.07, 6.45) is 0.360. The fourth-order valence-corrected chi connectivity index (χ4v) is 5.80. The zero-order chi connectivity index (χ0) is 27.2. The molecule has 2 amide bonds. The van der Waals surface area contributed by atoms with Crippen molar-refractivity contribution in [1.29, 1.82) is 0 Å². The van der Waals surface area contributed by atoms with Gasteiger partial charge in [0.15, 0.2) is 0 Å². The molecule has 1 atom stereocenters. The van der Waals surface area contributed by atoms with Crippen LogP contribution in [0.3, 0.4) is 0 Å². The lowest BCUT2D eigenvalue weighted by molar-refractivity contribution is -0.140. The number of amides is 2. The number of hydrogen-bond donors (Lipinski definition) is 1. The molecular weight excluding hydrogens is 510 g/mol. The molecule has 0 aliphatic carbocycles. The molecule has 3 aromatic rings. The Morgan fingerprint density at radius 2 is 1.59 bits per heavy atom. The number of carbonyl (C=O) groups is 2. The predicted octanol–water partition coefficient (Wildman–Crippen LogP) is 4.71. The summed E-state index contributed by atoms with van der Waals surface area (Å²) in [5.41, 5.74) is 2.77. The fraction of sp³-hybridized carbons (Fsp3) is 0.286. The molecule has 0 bridgehead atoms. The number of benzene rings is 3. The van der Waals surface area contributed by atoms with E-state index in [0.717, 1.165) is 15.4 Å². The van der Waals surface area contributed by atoms with Crippen molar-refractivity contribution in [3.63, 3.8) is 0 Å². The highest BCUT2D eigenvalue weighted by Gasteiger charge is 2.34. The van der Waals surface area contributed by atoms with Crippen molar-refractivity contribution >= 4 is 39.1 Å². The van der Waals surface area contributed by atoms with Gasteiger partial charge in [0, 0.05) is 18.6 Å². The van der Waals surface area contributed by atoms with E-state index in [1.54, 1.807) is 37.3 Å². The molecule has 9 heteroatoms. The van der Waals surface area contributed by atoms with Crippen LogP contribution in [0.2, 0.25) is 5.02 Å². The van der Waals surface area contributed by atoms with Crippen molar-refractivity contribution in [2.24, 2.45) is 0 Å². The highest BCUT2D eigenvalue weighted by molar-refractivity contribution is 7.92. The van der Waals surface area contributed by atoms with Gasteiger partial charge in [-0.3, -0.25) is 13.9 Å². The highest BCUT2D eigenvalue weighted by Crippen LogP contribution is 2.30. The van der Waals surface area contributed by atoms with Crippen molar-refractivity contribution in [1.82, 2.24) is 10.2 Å². The summed E-state index contributed by atoms with van der Waals surface area (Å²) in [6, 6.07) is 19.7. The molecule has 0 saturated carbocycles. The highest BCUT2D eigenvalue weighted by atomic mass is 35.5. The van der Waals surface area contributed by atoms with Gasteiger partial charge in [-0.2, -0.15) is 0 Å². The zero-order valence-corrected chi connectivity index (χ0v) is 23.0. The Morgan fingerprint density at radius 1 is 0.946 bits per heavy atom. The van der Waals surface area contributed by atoms with E-state index in [-0.39, 0.29) is 17.3 Å². The SMILES string of the molecule is CC[C@@H](C(=O)NC)N(Cc1ccccc1C)C(=O)CN(c1cc(Cl)ccc1C)S(=O)(=O)c1ccccc1. The van der Waals surface area contributed by atoms with Crippen molar-refractivity contribution < 1.29 is 18.0 Å². The molecule has 0 aliphatic rings. The standard InChI is InChI=1S/C28H32ClN3O4S/c1-5-25(28(34)30-4)31(18-22-12-10-9-11-20(22)2)27(33)19-32(26-17-23(29)16-15-21(26)3)37(35,36)24-13-7-6-8-14-24/h6-17,25H,5,18-19H2,1-4H3,(H,30,34)/t25-/m0/s1. The van der Waals surface area contributed by atoms with Gasteiger partial charge in [0.1, 0.15) is 12.6 Å². The third kappa shape index (κ3) is 6.50. The predicted molar refractivity (Wildman–Crippen MR) is 147 cm³/mol. The first-order valence-electron chi connectivity index (χ1n) is 12.0. The lowest BCUT2D eigenvalue weighted by atomic mass is 10.1. The fourth-order valence-electron chi connectivity index (χ4n) is 4.14. The van der Waals surface area contributed by atoms with Crippen LogP contribution in [-0.4, -0.2) is 44.8 Å². The van der Waals surface area contributed by atoms with Crippen LogP contribution in [0.25, 0.3) is 0 Å². The molecule has 0 fully saturated rings. The Hall–Kier alpha value is -3.36. The number of anilines is 1. The zero-order valence-electron chi connectivity index (χ0n) is 21.4. The Morgan fingerprint density at radius 3 is 2.22 bits per heavy atom. The molecular formula is C28H32ClN3O4S. The summed E-state index contributed by atoms with van der Waals surface area (Å²) in [5.74, 6) is -0.821. The first kappa shape index (κ1) is 28.2. The molecule has 3 aromatic carbocycles. The number of hydrogen-bond acceptors (Lipinski definition) is 4. The van der Waals surface area contributed by atoms with Crippen LogP contribution in [0.5, 0.6) is 0 Å². The first-order valence-corrected chi connectivity index (χ1v) is 13.8. The summed E-state index contributed by atoms with van der Waals surface area (Å²) >= 11 is 6.24. The van der Waals surface area contributed by atoms with Gasteiger partial charge in [0.2, 0.25) is 11.8 Å². The Kier molecular flexibility index (Phi) is 9.34. The average molecular weight is 542 g/mol. The van der Waals surface area contributed by atoms with Crippen molar-refractivity contribution in [2.75, 3.05) is 17.9 Å². The van der Waals surface area contributed by atoms with Gasteiger partial charge in [0.25, 0.3) is 10.0 Å². The van der Waals surface area contributed by atoms with Gasteiger partial charge in [-0.05, 0) is 61.2 Å². The van der Waals surface area contributed by atoms with Crippen LogP contribution >= 0.6 is 11.6 Å². The maximum absolute atomic E-state index is 13.9. The van der Waals surface area contributed by atoms with Crippen LogP contribution in [0.4, 0.5) is 5.69 Å². The molecule has 0 aromatic heterocycles. The normalized spacial score (nSPS) is 12.0. The molecule has 1 N–H and O–H groups in total. The minimum absolute atomic E-state index is 0.0472. The average Bonchev–Trinajstić information content (AvgIpc) is 2.89. The van der Waals surface area contributed by atoms with Gasteiger partial charge in [-0.1, -0.05) is 67.1 Å². The van der Waals surface area contributed by atoms with Crippen molar-refractivity contribution in [3.05, 3.63) is 94.5 Å². The van der Waals surface area contributed by atoms with E-state index >= 15 is 0 Å². The molecule has 37 heavy (non-hydrogen) atoms. The second-order valence-electron chi connectivity index (χ2n) is 8.74. The lowest BCUT2D eigenvalue weighted by Gasteiger charge is -2.33. The smallest absolute Gasteiger partial charge is 0.264 e. The molecule has 3 rings (SSSR count). The number of nitrogens with zero attached hydrogens (tertiary/aromatic N) is 2. The summed E-state index contributed by atoms with van der Waals surface area (Å²) in [7, 11) is -2.62. The van der Waals surface area contributed by atoms with E-state index in [2.05, 4.69) is 5.32 Å². The topological polar surface area (TPSA) is 86.8 Å². The quantitative estimate of drug-likeness (QED) is 0.403. The van der Waals surface area contributed by atoms with E-state index in [0.29, 0.717) is 22.7 Å². The van der Waals surface area contributed by atoms with Crippen LogP contribution in [0.15, 0.2) is 77.7 Å². The molecule has 0 aliphatic heterocycles. The first-order chi connectivity index (χ1) is 17.6. The third-order valence-electron chi connectivity index (χ3n) is 6.28. The molecule has 196 valence electrons. The monoisotopic (exact) mass is 541 g/mol. The largest absolute Gasteiger partial charge is 0.357 e. The summed E-state index contributed by atoms with van der Waals surface area (Å²) in [5, 5.41) is 2.97. The second kappa shape index (κ2) is 12.3. The number of likely N-dealkylation sites (N-methyl/N-ethyl adjacent to an activating group) is 1. The number of nitrogens with one attached hydrogen (secondary N) is 1. The number of carbonyl (C=O) groups excluding carboxylic acids is 2. The molecule has 0 heterocycles. The molecule has 0 spiro atoms. The van der Waals surface area contributed by atoms with Gasteiger partial charge < -0.3 is 10.2 Å². The van der Waals surface area contributed by atoms with Crippen LogP contribution in [0, 0.1) is 13.8 Å².